The summed E-state index contributed by atoms with van der Waals surface area (Å²) in [7, 11) is 1.53. The van der Waals surface area contributed by atoms with Gasteiger partial charge in [0, 0.05) is 5.56 Å². The van der Waals surface area contributed by atoms with Crippen LogP contribution in [0.2, 0.25) is 0 Å². The summed E-state index contributed by atoms with van der Waals surface area (Å²) in [6.07, 6.45) is 0. The molecule has 0 aliphatic heterocycles. The summed E-state index contributed by atoms with van der Waals surface area (Å²) < 4.78 is 5.04. The summed E-state index contributed by atoms with van der Waals surface area (Å²) in [4.78, 5) is 22.9. The highest BCUT2D eigenvalue weighted by atomic mass is 16.5. The highest BCUT2D eigenvalue weighted by Crippen LogP contribution is 2.13. The Morgan fingerprint density at radius 3 is 2.58 bits per heavy atom. The Labute approximate surface area is 112 Å². The third-order valence-corrected chi connectivity index (χ3v) is 2.81. The van der Waals surface area contributed by atoms with Crippen LogP contribution in [-0.4, -0.2) is 36.6 Å². The van der Waals surface area contributed by atoms with Crippen LogP contribution in [0.5, 0.6) is 5.75 Å². The van der Waals surface area contributed by atoms with Crippen molar-refractivity contribution in [3.05, 3.63) is 29.8 Å². The van der Waals surface area contributed by atoms with Crippen molar-refractivity contribution in [2.45, 2.75) is 19.9 Å². The third kappa shape index (κ3) is 4.37. The van der Waals surface area contributed by atoms with Gasteiger partial charge in [-0.05, 0) is 18.1 Å². The van der Waals surface area contributed by atoms with Crippen molar-refractivity contribution < 1.29 is 19.4 Å². The molecule has 104 valence electrons. The Morgan fingerprint density at radius 2 is 2.05 bits per heavy atom. The number of rotatable bonds is 7. The number of carbonyl (C=O) groups excluding carboxylic acids is 1. The number of ketones is 1. The van der Waals surface area contributed by atoms with Crippen LogP contribution in [0.25, 0.3) is 0 Å². The second-order valence-electron chi connectivity index (χ2n) is 4.60. The van der Waals surface area contributed by atoms with E-state index in [1.807, 2.05) is 0 Å². The van der Waals surface area contributed by atoms with Crippen molar-refractivity contribution in [3.8, 4) is 5.75 Å². The van der Waals surface area contributed by atoms with Gasteiger partial charge in [0.25, 0.3) is 0 Å². The lowest BCUT2D eigenvalue weighted by Crippen LogP contribution is -2.43. The van der Waals surface area contributed by atoms with Crippen LogP contribution in [-0.2, 0) is 4.79 Å². The molecule has 0 radical (unpaired) electrons. The van der Waals surface area contributed by atoms with Crippen molar-refractivity contribution in [2.24, 2.45) is 5.92 Å². The Hall–Kier alpha value is -1.88. The van der Waals surface area contributed by atoms with E-state index < -0.39 is 12.0 Å². The number of carboxylic acid groups (broad SMARTS) is 1. The van der Waals surface area contributed by atoms with Crippen LogP contribution in [0.15, 0.2) is 24.3 Å². The number of Topliss-reactive ketones (excluding diaryl/α,β-unsaturated/α-hetero) is 1. The highest BCUT2D eigenvalue weighted by molar-refractivity contribution is 5.98. The van der Waals surface area contributed by atoms with Crippen LogP contribution < -0.4 is 10.1 Å². The normalized spacial score (nSPS) is 12.2. The first-order valence-electron chi connectivity index (χ1n) is 6.09. The van der Waals surface area contributed by atoms with Gasteiger partial charge in [-0.1, -0.05) is 26.0 Å². The molecule has 1 atom stereocenters. The van der Waals surface area contributed by atoms with Gasteiger partial charge in [0.1, 0.15) is 11.8 Å². The minimum Gasteiger partial charge on any atom is -0.497 e. The maximum atomic E-state index is 12.0. The number of nitrogens with one attached hydrogen (secondary N) is 1. The van der Waals surface area contributed by atoms with E-state index in [0.717, 1.165) is 0 Å². The molecule has 0 aliphatic carbocycles. The Bertz CT molecular complexity index is 457. The molecule has 0 aliphatic rings. The summed E-state index contributed by atoms with van der Waals surface area (Å²) >= 11 is 0. The number of benzene rings is 1. The smallest absolute Gasteiger partial charge is 0.320 e. The van der Waals surface area contributed by atoms with E-state index in [0.29, 0.717) is 11.3 Å². The van der Waals surface area contributed by atoms with E-state index in [1.165, 1.54) is 7.11 Å². The van der Waals surface area contributed by atoms with Gasteiger partial charge in [-0.3, -0.25) is 14.9 Å². The molecule has 0 saturated carbocycles. The number of aliphatic carboxylic acids is 1. The average Bonchev–Trinajstić information content (AvgIpc) is 2.38. The van der Waals surface area contributed by atoms with Gasteiger partial charge in [-0.15, -0.1) is 0 Å². The second-order valence-corrected chi connectivity index (χ2v) is 4.60. The van der Waals surface area contributed by atoms with Gasteiger partial charge < -0.3 is 9.84 Å². The van der Waals surface area contributed by atoms with Gasteiger partial charge >= 0.3 is 5.97 Å². The molecule has 19 heavy (non-hydrogen) atoms. The molecule has 0 spiro atoms. The second kappa shape index (κ2) is 6.89. The Kier molecular flexibility index (Phi) is 5.51. The molecule has 0 aromatic heterocycles. The van der Waals surface area contributed by atoms with E-state index in [1.54, 1.807) is 38.1 Å². The summed E-state index contributed by atoms with van der Waals surface area (Å²) in [5.74, 6) is -0.598. The standard InChI is InChI=1S/C14H19NO4/c1-9(2)13(14(17)18)15-8-12(16)10-5-4-6-11(7-10)19-3/h4-7,9,13,15H,8H2,1-3H3,(H,17,18)/t13-/m0/s1. The monoisotopic (exact) mass is 265 g/mol. The molecule has 0 bridgehead atoms. The highest BCUT2D eigenvalue weighted by Gasteiger charge is 2.21. The fourth-order valence-electron chi connectivity index (χ4n) is 1.71. The molecule has 2 N–H and O–H groups in total. The number of carbonyl (C=O) groups is 2. The van der Waals surface area contributed by atoms with Crippen molar-refractivity contribution in [3.63, 3.8) is 0 Å². The van der Waals surface area contributed by atoms with E-state index in [-0.39, 0.29) is 18.2 Å². The minimum absolute atomic E-state index is 0.0116. The number of hydrogen-bond donors (Lipinski definition) is 2. The summed E-state index contributed by atoms with van der Waals surface area (Å²) in [6, 6.07) is 6.06. The maximum absolute atomic E-state index is 12.0. The molecule has 0 fully saturated rings. The summed E-state index contributed by atoms with van der Waals surface area (Å²) in [6.45, 7) is 3.58. The molecule has 5 nitrogen and oxygen atoms in total. The lowest BCUT2D eigenvalue weighted by atomic mass is 10.0. The fraction of sp³-hybridized carbons (Fsp3) is 0.429. The molecule has 1 aromatic carbocycles. The zero-order chi connectivity index (χ0) is 14.4. The molecule has 1 aromatic rings. The first-order valence-corrected chi connectivity index (χ1v) is 6.09. The van der Waals surface area contributed by atoms with Crippen LogP contribution >= 0.6 is 0 Å². The largest absolute Gasteiger partial charge is 0.497 e. The van der Waals surface area contributed by atoms with Gasteiger partial charge in [0.2, 0.25) is 0 Å². The molecule has 0 unspecified atom stereocenters. The van der Waals surface area contributed by atoms with Crippen LogP contribution in [0.4, 0.5) is 0 Å². The van der Waals surface area contributed by atoms with Crippen molar-refractivity contribution >= 4 is 11.8 Å². The number of methoxy groups -OCH3 is 1. The van der Waals surface area contributed by atoms with Crippen LogP contribution in [0.1, 0.15) is 24.2 Å². The molecule has 0 saturated heterocycles. The molecule has 0 amide bonds. The summed E-state index contributed by atoms with van der Waals surface area (Å²) in [5.41, 5.74) is 0.500. The van der Waals surface area contributed by atoms with Gasteiger partial charge in [-0.25, -0.2) is 0 Å². The quantitative estimate of drug-likeness (QED) is 0.732. The zero-order valence-electron chi connectivity index (χ0n) is 11.3. The van der Waals surface area contributed by atoms with Crippen molar-refractivity contribution in [1.29, 1.82) is 0 Å². The van der Waals surface area contributed by atoms with Crippen molar-refractivity contribution in [2.75, 3.05) is 13.7 Å². The third-order valence-electron chi connectivity index (χ3n) is 2.81. The van der Waals surface area contributed by atoms with E-state index in [4.69, 9.17) is 9.84 Å². The minimum atomic E-state index is -0.951. The first-order chi connectivity index (χ1) is 8.95. The molecule has 5 heteroatoms. The Balaban J connectivity index is 2.66. The SMILES string of the molecule is COc1cccc(C(=O)CN[C@H](C(=O)O)C(C)C)c1. The van der Waals surface area contributed by atoms with E-state index in [9.17, 15) is 9.59 Å². The topological polar surface area (TPSA) is 75.6 Å². The fourth-order valence-corrected chi connectivity index (χ4v) is 1.71. The number of ether oxygens (including phenoxy) is 1. The van der Waals surface area contributed by atoms with Gasteiger partial charge in [0.05, 0.1) is 13.7 Å². The van der Waals surface area contributed by atoms with Crippen LogP contribution in [0.3, 0.4) is 0 Å². The van der Waals surface area contributed by atoms with Gasteiger partial charge in [-0.2, -0.15) is 0 Å². The lowest BCUT2D eigenvalue weighted by Gasteiger charge is -2.17. The molecule has 0 heterocycles. The predicted octanol–water partition coefficient (Wildman–Crippen LogP) is 1.58. The average molecular weight is 265 g/mol. The first kappa shape index (κ1) is 15.2. The zero-order valence-corrected chi connectivity index (χ0v) is 11.3. The lowest BCUT2D eigenvalue weighted by molar-refractivity contribution is -0.140. The molecular formula is C14H19NO4. The van der Waals surface area contributed by atoms with Crippen molar-refractivity contribution in [1.82, 2.24) is 5.32 Å². The Morgan fingerprint density at radius 1 is 1.37 bits per heavy atom. The molecular weight excluding hydrogens is 246 g/mol. The number of hydrogen-bond acceptors (Lipinski definition) is 4. The van der Waals surface area contributed by atoms with Gasteiger partial charge in [0.15, 0.2) is 5.78 Å². The molecule has 1 rings (SSSR count). The predicted molar refractivity (Wildman–Crippen MR) is 71.6 cm³/mol. The summed E-state index contributed by atoms with van der Waals surface area (Å²) in [5, 5.41) is 11.8. The number of carboxylic acids is 1. The van der Waals surface area contributed by atoms with Crippen LogP contribution in [0, 0.1) is 5.92 Å². The maximum Gasteiger partial charge on any atom is 0.320 e. The van der Waals surface area contributed by atoms with E-state index >= 15 is 0 Å². The van der Waals surface area contributed by atoms with E-state index in [2.05, 4.69) is 5.32 Å².